The Bertz CT molecular complexity index is 1140. The highest BCUT2D eigenvalue weighted by Gasteiger charge is 2.42. The number of amides is 1. The van der Waals surface area contributed by atoms with Gasteiger partial charge >= 0.3 is 6.55 Å². The van der Waals surface area contributed by atoms with Crippen molar-refractivity contribution in [3.05, 3.63) is 65.2 Å². The third-order valence-electron chi connectivity index (χ3n) is 4.59. The first-order chi connectivity index (χ1) is 15.9. The van der Waals surface area contributed by atoms with Crippen LogP contribution in [0.2, 0.25) is 5.02 Å². The van der Waals surface area contributed by atoms with Gasteiger partial charge in [0.05, 0.1) is 12.4 Å². The molecule has 1 aliphatic rings. The molecule has 1 saturated carbocycles. The fraction of sp³-hybridized carbons (Fsp3) is 0.250. The third kappa shape index (κ3) is 5.92. The van der Waals surface area contributed by atoms with Crippen molar-refractivity contribution in [3.63, 3.8) is 0 Å². The molecule has 3 N–H and O–H groups in total. The summed E-state index contributed by atoms with van der Waals surface area (Å²) in [6.07, 6.45) is 5.43. The zero-order valence-electron chi connectivity index (χ0n) is 16.8. The van der Waals surface area contributed by atoms with Crippen molar-refractivity contribution in [2.45, 2.75) is 31.6 Å². The molecular weight excluding hydrogens is 462 g/mol. The molecular formula is C20H17ClF2N6O4. The molecule has 1 fully saturated rings. The van der Waals surface area contributed by atoms with Crippen molar-refractivity contribution in [1.29, 1.82) is 0 Å². The largest absolute Gasteiger partial charge is 0.470 e. The van der Waals surface area contributed by atoms with Gasteiger partial charge in [0.2, 0.25) is 5.88 Å². The minimum atomic E-state index is -2.94. The molecule has 1 amide bonds. The summed E-state index contributed by atoms with van der Waals surface area (Å²) < 4.78 is 39.9. The summed E-state index contributed by atoms with van der Waals surface area (Å²) in [5, 5.41) is 3.16. The number of hydrogen-bond donors (Lipinski definition) is 2. The van der Waals surface area contributed by atoms with Gasteiger partial charge in [0.1, 0.15) is 30.4 Å². The highest BCUT2D eigenvalue weighted by atomic mass is 35.5. The number of nitrogens with one attached hydrogen (secondary N) is 1. The summed E-state index contributed by atoms with van der Waals surface area (Å²) in [4.78, 5) is 27.4. The average molecular weight is 479 g/mol. The lowest BCUT2D eigenvalue weighted by molar-refractivity contribution is 0.102. The molecule has 2 aromatic heterocycles. The Morgan fingerprint density at radius 1 is 1.33 bits per heavy atom. The van der Waals surface area contributed by atoms with Crippen LogP contribution in [-0.2, 0) is 11.3 Å². The van der Waals surface area contributed by atoms with Gasteiger partial charge in [0.15, 0.2) is 6.39 Å². The molecule has 0 spiro atoms. The monoisotopic (exact) mass is 478 g/mol. The van der Waals surface area contributed by atoms with Gasteiger partial charge in [-0.2, -0.15) is 13.8 Å². The van der Waals surface area contributed by atoms with Crippen molar-refractivity contribution in [1.82, 2.24) is 15.0 Å². The SMILES string of the molecule is N/C(=N/C(F)F)O[C@@H]1C[C@@H]1c1cc(NC(=O)c2cnc(OCc3cocn3)cn2)ccc1Cl. The number of nitrogens with two attached hydrogens (primary N) is 1. The van der Waals surface area contributed by atoms with Gasteiger partial charge in [0, 0.05) is 16.6 Å². The zero-order chi connectivity index (χ0) is 23.4. The quantitative estimate of drug-likeness (QED) is 0.285. The number of aliphatic imine (C=N–C) groups is 1. The van der Waals surface area contributed by atoms with E-state index >= 15 is 0 Å². The van der Waals surface area contributed by atoms with Gasteiger partial charge in [0.25, 0.3) is 11.9 Å². The number of alkyl halides is 2. The molecule has 172 valence electrons. The Labute approximate surface area is 190 Å². The van der Waals surface area contributed by atoms with Crippen LogP contribution in [0, 0.1) is 0 Å². The second kappa shape index (κ2) is 9.77. The molecule has 3 aromatic rings. The number of oxazole rings is 1. The minimum Gasteiger partial charge on any atom is -0.470 e. The van der Waals surface area contributed by atoms with E-state index in [1.54, 1.807) is 18.2 Å². The molecule has 1 aliphatic carbocycles. The molecule has 33 heavy (non-hydrogen) atoms. The number of halogens is 3. The Kier molecular flexibility index (Phi) is 6.63. The van der Waals surface area contributed by atoms with Gasteiger partial charge in [-0.25, -0.2) is 15.0 Å². The summed E-state index contributed by atoms with van der Waals surface area (Å²) in [5.74, 6) is -0.435. The van der Waals surface area contributed by atoms with Crippen LogP contribution in [0.15, 0.2) is 52.7 Å². The molecule has 0 unspecified atom stereocenters. The van der Waals surface area contributed by atoms with Crippen molar-refractivity contribution >= 4 is 29.2 Å². The fourth-order valence-corrected chi connectivity index (χ4v) is 3.23. The smallest absolute Gasteiger partial charge is 0.336 e. The predicted molar refractivity (Wildman–Crippen MR) is 112 cm³/mol. The van der Waals surface area contributed by atoms with Gasteiger partial charge in [-0.1, -0.05) is 11.6 Å². The Morgan fingerprint density at radius 2 is 2.18 bits per heavy atom. The molecule has 1 aromatic carbocycles. The highest BCUT2D eigenvalue weighted by molar-refractivity contribution is 6.31. The lowest BCUT2D eigenvalue weighted by Crippen LogP contribution is -2.19. The van der Waals surface area contributed by atoms with Crippen LogP contribution < -0.4 is 15.8 Å². The van der Waals surface area contributed by atoms with E-state index in [0.717, 1.165) is 0 Å². The van der Waals surface area contributed by atoms with Crippen LogP contribution in [0.1, 0.15) is 34.1 Å². The number of benzene rings is 1. The van der Waals surface area contributed by atoms with E-state index in [1.807, 2.05) is 0 Å². The summed E-state index contributed by atoms with van der Waals surface area (Å²) in [5.41, 5.74) is 7.15. The van der Waals surface area contributed by atoms with Crippen LogP contribution in [0.4, 0.5) is 14.5 Å². The second-order valence-electron chi connectivity index (χ2n) is 6.94. The Balaban J connectivity index is 1.36. The first-order valence-electron chi connectivity index (χ1n) is 9.60. The minimum absolute atomic E-state index is 0.0731. The predicted octanol–water partition coefficient (Wildman–Crippen LogP) is 3.36. The Hall–Kier alpha value is -3.80. The number of rotatable bonds is 8. The van der Waals surface area contributed by atoms with E-state index in [0.29, 0.717) is 28.4 Å². The van der Waals surface area contributed by atoms with E-state index in [1.165, 1.54) is 25.1 Å². The van der Waals surface area contributed by atoms with E-state index < -0.39 is 24.6 Å². The summed E-state index contributed by atoms with van der Waals surface area (Å²) in [7, 11) is 0. The van der Waals surface area contributed by atoms with Crippen LogP contribution in [0.25, 0.3) is 0 Å². The fourth-order valence-electron chi connectivity index (χ4n) is 2.98. The van der Waals surface area contributed by atoms with Crippen LogP contribution in [-0.4, -0.2) is 39.5 Å². The molecule has 4 rings (SSSR count). The summed E-state index contributed by atoms with van der Waals surface area (Å²) >= 11 is 6.26. The number of amidine groups is 1. The molecule has 2 atom stereocenters. The molecule has 13 heteroatoms. The maximum absolute atomic E-state index is 12.5. The number of nitrogens with zero attached hydrogens (tertiary/aromatic N) is 4. The molecule has 0 saturated heterocycles. The molecule has 10 nitrogen and oxygen atoms in total. The standard InChI is InChI=1S/C20H17ClF2N6O4/c21-14-2-1-10(3-12(14)13-4-16(13)33-20(24)29-19(22)23)28-18(30)15-5-26-17(6-25-15)32-8-11-7-31-9-27-11/h1-3,5-7,9,13,16,19H,4,8H2,(H2,24,29)(H,28,30)/t13-,16-/m1/s1. The van der Waals surface area contributed by atoms with Gasteiger partial charge < -0.3 is 24.9 Å². The van der Waals surface area contributed by atoms with Crippen molar-refractivity contribution in [2.24, 2.45) is 10.7 Å². The van der Waals surface area contributed by atoms with Crippen LogP contribution >= 0.6 is 11.6 Å². The number of hydrogen-bond acceptors (Lipinski definition) is 8. The number of carbonyl (C=O) groups excluding carboxylic acids is 1. The van der Waals surface area contributed by atoms with Crippen molar-refractivity contribution < 1.29 is 27.5 Å². The third-order valence-corrected chi connectivity index (χ3v) is 4.94. The van der Waals surface area contributed by atoms with E-state index in [9.17, 15) is 13.6 Å². The van der Waals surface area contributed by atoms with Gasteiger partial charge in [-0.3, -0.25) is 4.79 Å². The normalized spacial score (nSPS) is 17.6. The Morgan fingerprint density at radius 3 is 2.88 bits per heavy atom. The van der Waals surface area contributed by atoms with Crippen molar-refractivity contribution in [3.8, 4) is 5.88 Å². The van der Waals surface area contributed by atoms with Gasteiger partial charge in [-0.05, 0) is 30.2 Å². The van der Waals surface area contributed by atoms with Crippen LogP contribution in [0.3, 0.4) is 0 Å². The number of ether oxygens (including phenoxy) is 2. The topological polar surface area (TPSA) is 138 Å². The lowest BCUT2D eigenvalue weighted by atomic mass is 10.1. The van der Waals surface area contributed by atoms with E-state index in [-0.39, 0.29) is 24.1 Å². The first kappa shape index (κ1) is 22.4. The van der Waals surface area contributed by atoms with Crippen LogP contribution in [0.5, 0.6) is 5.88 Å². The van der Waals surface area contributed by atoms with Crippen molar-refractivity contribution in [2.75, 3.05) is 5.32 Å². The molecule has 0 bridgehead atoms. The first-order valence-corrected chi connectivity index (χ1v) is 9.97. The molecule has 0 radical (unpaired) electrons. The van der Waals surface area contributed by atoms with E-state index in [4.69, 9.17) is 31.2 Å². The maximum Gasteiger partial charge on any atom is 0.336 e. The molecule has 0 aliphatic heterocycles. The zero-order valence-corrected chi connectivity index (χ0v) is 17.6. The lowest BCUT2D eigenvalue weighted by Gasteiger charge is -2.10. The summed E-state index contributed by atoms with van der Waals surface area (Å²) in [6, 6.07) is 4.34. The maximum atomic E-state index is 12.5. The average Bonchev–Trinajstić information content (AvgIpc) is 3.32. The van der Waals surface area contributed by atoms with E-state index in [2.05, 4.69) is 25.3 Å². The summed E-state index contributed by atoms with van der Waals surface area (Å²) in [6.45, 7) is -2.79. The molecule has 2 heterocycles. The second-order valence-corrected chi connectivity index (χ2v) is 7.35. The van der Waals surface area contributed by atoms with Gasteiger partial charge in [-0.15, -0.1) is 0 Å². The number of aromatic nitrogens is 3. The highest BCUT2D eigenvalue weighted by Crippen LogP contribution is 2.46. The number of anilines is 1. The number of carbonyl (C=O) groups is 1.